The van der Waals surface area contributed by atoms with Crippen LogP contribution in [0.4, 0.5) is 0 Å². The van der Waals surface area contributed by atoms with Crippen molar-refractivity contribution in [1.29, 1.82) is 0 Å². The average molecular weight is 269 g/mol. The van der Waals surface area contributed by atoms with Crippen LogP contribution < -0.4 is 11.1 Å². The van der Waals surface area contributed by atoms with Crippen molar-refractivity contribution < 1.29 is 9.32 Å². The largest absolute Gasteiger partial charge is 0.361 e. The van der Waals surface area contributed by atoms with Crippen molar-refractivity contribution in [3.8, 4) is 11.8 Å². The van der Waals surface area contributed by atoms with Gasteiger partial charge in [-0.15, -0.1) is 0 Å². The lowest BCUT2D eigenvalue weighted by Crippen LogP contribution is -2.23. The highest BCUT2D eigenvalue weighted by Gasteiger charge is 2.12. The molecule has 0 atom stereocenters. The number of amides is 1. The fourth-order valence-electron chi connectivity index (χ4n) is 1.73. The van der Waals surface area contributed by atoms with Gasteiger partial charge in [0.1, 0.15) is 11.3 Å². The first-order valence-electron chi connectivity index (χ1n) is 6.18. The van der Waals surface area contributed by atoms with Crippen LogP contribution in [0.25, 0.3) is 0 Å². The summed E-state index contributed by atoms with van der Waals surface area (Å²) in [6, 6.07) is 7.62. The molecule has 0 saturated carbocycles. The summed E-state index contributed by atoms with van der Waals surface area (Å²) in [4.78, 5) is 12.0. The molecule has 0 saturated heterocycles. The summed E-state index contributed by atoms with van der Waals surface area (Å²) < 4.78 is 4.87. The van der Waals surface area contributed by atoms with E-state index >= 15 is 0 Å². The Morgan fingerprint density at radius 1 is 1.45 bits per heavy atom. The van der Waals surface area contributed by atoms with Gasteiger partial charge in [-0.1, -0.05) is 35.2 Å². The number of hydrogen-bond donors (Lipinski definition) is 2. The van der Waals surface area contributed by atoms with Gasteiger partial charge < -0.3 is 15.6 Å². The third-order valence-corrected chi connectivity index (χ3v) is 2.78. The maximum atomic E-state index is 12.0. The highest BCUT2D eigenvalue weighted by atomic mass is 16.5. The molecule has 2 rings (SSSR count). The van der Waals surface area contributed by atoms with Gasteiger partial charge in [-0.2, -0.15) is 0 Å². The molecule has 1 aromatic heterocycles. The van der Waals surface area contributed by atoms with E-state index in [0.717, 1.165) is 11.1 Å². The number of aryl methyl sites for hydroxylation is 1. The van der Waals surface area contributed by atoms with E-state index in [1.165, 1.54) is 6.20 Å². The molecule has 1 aromatic carbocycles. The summed E-state index contributed by atoms with van der Waals surface area (Å²) in [7, 11) is 0. The molecule has 0 bridgehead atoms. The minimum absolute atomic E-state index is 0.217. The maximum absolute atomic E-state index is 12.0. The molecular weight excluding hydrogens is 254 g/mol. The second kappa shape index (κ2) is 6.55. The number of nitrogens with zero attached hydrogens (tertiary/aromatic N) is 1. The number of hydrogen-bond acceptors (Lipinski definition) is 4. The van der Waals surface area contributed by atoms with Crippen molar-refractivity contribution in [3.63, 3.8) is 0 Å². The minimum Gasteiger partial charge on any atom is -0.361 e. The maximum Gasteiger partial charge on any atom is 0.256 e. The Bertz CT molecular complexity index is 665. The zero-order valence-corrected chi connectivity index (χ0v) is 11.1. The smallest absolute Gasteiger partial charge is 0.256 e. The fourth-order valence-corrected chi connectivity index (χ4v) is 1.73. The quantitative estimate of drug-likeness (QED) is 0.821. The van der Waals surface area contributed by atoms with Crippen molar-refractivity contribution in [1.82, 2.24) is 10.5 Å². The first-order valence-corrected chi connectivity index (χ1v) is 6.18. The van der Waals surface area contributed by atoms with E-state index in [-0.39, 0.29) is 5.91 Å². The van der Waals surface area contributed by atoms with Crippen LogP contribution >= 0.6 is 0 Å². The lowest BCUT2D eigenvalue weighted by atomic mass is 10.1. The van der Waals surface area contributed by atoms with Gasteiger partial charge in [-0.05, 0) is 18.6 Å². The first kappa shape index (κ1) is 13.8. The molecule has 0 aliphatic heterocycles. The monoisotopic (exact) mass is 269 g/mol. The Morgan fingerprint density at radius 2 is 2.25 bits per heavy atom. The number of rotatable bonds is 3. The molecule has 5 nitrogen and oxygen atoms in total. The normalized spacial score (nSPS) is 9.70. The Labute approximate surface area is 117 Å². The van der Waals surface area contributed by atoms with E-state index in [9.17, 15) is 4.79 Å². The fraction of sp³-hybridized carbons (Fsp3) is 0.200. The van der Waals surface area contributed by atoms with Crippen LogP contribution in [-0.2, 0) is 6.54 Å². The minimum atomic E-state index is -0.217. The predicted octanol–water partition coefficient (Wildman–Crippen LogP) is 1.22. The van der Waals surface area contributed by atoms with Crippen LogP contribution in [-0.4, -0.2) is 17.6 Å². The summed E-state index contributed by atoms with van der Waals surface area (Å²) in [6.45, 7) is 2.39. The number of carbonyl (C=O) groups excluding carboxylic acids is 1. The molecule has 2 aromatic rings. The van der Waals surface area contributed by atoms with Crippen LogP contribution in [0, 0.1) is 18.8 Å². The van der Waals surface area contributed by atoms with Gasteiger partial charge in [0.15, 0.2) is 0 Å². The Morgan fingerprint density at radius 3 is 2.95 bits per heavy atom. The van der Waals surface area contributed by atoms with Crippen LogP contribution in [0.2, 0.25) is 0 Å². The molecule has 0 radical (unpaired) electrons. The standard InChI is InChI=1S/C15H15N3O2/c1-11-14(10-18-20-11)15(19)17-9-13-6-3-2-5-12(13)7-4-8-16/h2-3,5-6,10H,8-9,16H2,1H3,(H,17,19). The number of aromatic nitrogens is 1. The molecular formula is C15H15N3O2. The molecule has 0 aliphatic carbocycles. The van der Waals surface area contributed by atoms with E-state index in [4.69, 9.17) is 10.3 Å². The average Bonchev–Trinajstić information content (AvgIpc) is 2.89. The molecule has 20 heavy (non-hydrogen) atoms. The summed E-state index contributed by atoms with van der Waals surface area (Å²) in [5.41, 5.74) is 7.61. The molecule has 0 spiro atoms. The molecule has 1 amide bonds. The highest BCUT2D eigenvalue weighted by molar-refractivity contribution is 5.94. The number of nitrogens with two attached hydrogens (primary N) is 1. The molecule has 1 heterocycles. The second-order valence-corrected chi connectivity index (χ2v) is 4.14. The van der Waals surface area contributed by atoms with Gasteiger partial charge in [0.05, 0.1) is 12.7 Å². The number of nitrogens with one attached hydrogen (secondary N) is 1. The lowest BCUT2D eigenvalue weighted by molar-refractivity contribution is 0.0949. The van der Waals surface area contributed by atoms with Crippen molar-refractivity contribution in [2.24, 2.45) is 5.73 Å². The van der Waals surface area contributed by atoms with Gasteiger partial charge in [0.25, 0.3) is 5.91 Å². The molecule has 3 N–H and O–H groups in total. The van der Waals surface area contributed by atoms with Gasteiger partial charge in [0, 0.05) is 12.1 Å². The van der Waals surface area contributed by atoms with Crippen molar-refractivity contribution in [2.45, 2.75) is 13.5 Å². The van der Waals surface area contributed by atoms with Gasteiger partial charge in [0.2, 0.25) is 0 Å². The third-order valence-electron chi connectivity index (χ3n) is 2.78. The van der Waals surface area contributed by atoms with E-state index < -0.39 is 0 Å². The summed E-state index contributed by atoms with van der Waals surface area (Å²) in [5.74, 6) is 6.08. The summed E-state index contributed by atoms with van der Waals surface area (Å²) in [6.07, 6.45) is 1.41. The Kier molecular flexibility index (Phi) is 4.53. The molecule has 102 valence electrons. The van der Waals surface area contributed by atoms with Crippen molar-refractivity contribution in [2.75, 3.05) is 6.54 Å². The van der Waals surface area contributed by atoms with Crippen LogP contribution in [0.15, 0.2) is 35.0 Å². The topological polar surface area (TPSA) is 81.2 Å². The van der Waals surface area contributed by atoms with E-state index in [0.29, 0.717) is 24.4 Å². The van der Waals surface area contributed by atoms with Crippen molar-refractivity contribution in [3.05, 3.63) is 52.9 Å². The Hall–Kier alpha value is -2.58. The zero-order chi connectivity index (χ0) is 14.4. The van der Waals surface area contributed by atoms with Crippen LogP contribution in [0.1, 0.15) is 27.2 Å². The van der Waals surface area contributed by atoms with E-state index in [1.54, 1.807) is 6.92 Å². The van der Waals surface area contributed by atoms with Crippen molar-refractivity contribution >= 4 is 5.91 Å². The van der Waals surface area contributed by atoms with Gasteiger partial charge >= 0.3 is 0 Å². The lowest BCUT2D eigenvalue weighted by Gasteiger charge is -2.06. The van der Waals surface area contributed by atoms with Gasteiger partial charge in [-0.25, -0.2) is 0 Å². The van der Waals surface area contributed by atoms with Crippen LogP contribution in [0.5, 0.6) is 0 Å². The number of carbonyl (C=O) groups is 1. The molecule has 0 unspecified atom stereocenters. The van der Waals surface area contributed by atoms with Gasteiger partial charge in [-0.3, -0.25) is 4.79 Å². The number of benzene rings is 1. The van der Waals surface area contributed by atoms with Crippen LogP contribution in [0.3, 0.4) is 0 Å². The third kappa shape index (κ3) is 3.25. The van der Waals surface area contributed by atoms with E-state index in [1.807, 2.05) is 24.3 Å². The highest BCUT2D eigenvalue weighted by Crippen LogP contribution is 2.09. The molecule has 0 fully saturated rings. The summed E-state index contributed by atoms with van der Waals surface area (Å²) >= 11 is 0. The second-order valence-electron chi connectivity index (χ2n) is 4.14. The predicted molar refractivity (Wildman–Crippen MR) is 74.8 cm³/mol. The zero-order valence-electron chi connectivity index (χ0n) is 11.1. The summed E-state index contributed by atoms with van der Waals surface area (Å²) in [5, 5.41) is 6.40. The van der Waals surface area contributed by atoms with E-state index in [2.05, 4.69) is 22.3 Å². The SMILES string of the molecule is Cc1oncc1C(=O)NCc1ccccc1C#CCN. The first-order chi connectivity index (χ1) is 9.72. The molecule has 5 heteroatoms. The molecule has 0 aliphatic rings. The Balaban J connectivity index is 2.08.